The summed E-state index contributed by atoms with van der Waals surface area (Å²) in [7, 11) is 2.14. The fourth-order valence-corrected chi connectivity index (χ4v) is 4.74. The number of benzene rings is 2. The Morgan fingerprint density at radius 3 is 1.95 bits per heavy atom. The van der Waals surface area contributed by atoms with Crippen molar-refractivity contribution >= 4 is 5.78 Å². The number of carbonyl (C=O) groups is 1. The van der Waals surface area contributed by atoms with Crippen molar-refractivity contribution in [3.63, 3.8) is 0 Å². The highest BCUT2D eigenvalue weighted by Gasteiger charge is 2.35. The van der Waals surface area contributed by atoms with Crippen LogP contribution < -0.4 is 0 Å². The minimum atomic E-state index is -0.451. The zero-order valence-corrected chi connectivity index (χ0v) is 30.9. The maximum atomic E-state index is 11.6. The SMILES string of the molecule is C=C(C)CC.CCC.CCCCC.CCc1ccc(C(C#N)(CCCN(C)CCc2cccc(C(C)=O)c2)C(C)C)cc1C. The van der Waals surface area contributed by atoms with Crippen LogP contribution in [0.5, 0.6) is 0 Å². The number of unbranched alkanes of at least 4 members (excludes halogenated alkanes) is 2. The van der Waals surface area contributed by atoms with Crippen LogP contribution in [0.2, 0.25) is 0 Å². The zero-order chi connectivity index (χ0) is 34.1. The van der Waals surface area contributed by atoms with E-state index < -0.39 is 5.41 Å². The maximum Gasteiger partial charge on any atom is 0.159 e. The molecule has 0 aliphatic carbocycles. The summed E-state index contributed by atoms with van der Waals surface area (Å²) < 4.78 is 0. The smallest absolute Gasteiger partial charge is 0.159 e. The standard InChI is InChI=1S/C28H38N2O.C5H10.C5H12.C3H8/c1-7-25-12-13-27(18-22(25)4)28(20-29,21(2)3)15-9-16-30(6)17-14-24-10-8-11-26(19-24)23(5)31;1-4-5(2)3;1-3-5-4-2;1-3-2/h8,10-13,18-19,21H,7,9,14-17H2,1-6H3;2,4H2,1,3H3;3-5H2,1-2H3;3H2,1-2H3. The lowest BCUT2D eigenvalue weighted by Crippen LogP contribution is -2.32. The number of Topliss-reactive ketones (excluding diaryl/α,β-unsaturated/α-hetero) is 1. The Morgan fingerprint density at radius 1 is 0.955 bits per heavy atom. The minimum Gasteiger partial charge on any atom is -0.306 e. The van der Waals surface area contributed by atoms with Gasteiger partial charge in [-0.1, -0.05) is 123 Å². The second-order valence-corrected chi connectivity index (χ2v) is 12.5. The Kier molecular flexibility index (Phi) is 25.3. The van der Waals surface area contributed by atoms with Gasteiger partial charge < -0.3 is 4.90 Å². The molecular weight excluding hydrogens is 536 g/mol. The van der Waals surface area contributed by atoms with Gasteiger partial charge in [0.1, 0.15) is 0 Å². The summed E-state index contributed by atoms with van der Waals surface area (Å²) in [6.07, 6.45) is 10.2. The number of carbonyl (C=O) groups excluding carboxylic acids is 1. The third kappa shape index (κ3) is 17.6. The molecule has 1 unspecified atom stereocenters. The Balaban J connectivity index is 0. The van der Waals surface area contributed by atoms with Crippen LogP contribution in [-0.2, 0) is 18.3 Å². The van der Waals surface area contributed by atoms with E-state index in [-0.39, 0.29) is 11.7 Å². The molecule has 0 radical (unpaired) electrons. The third-order valence-corrected chi connectivity index (χ3v) is 7.96. The van der Waals surface area contributed by atoms with Crippen molar-refractivity contribution in [1.29, 1.82) is 5.26 Å². The highest BCUT2D eigenvalue weighted by atomic mass is 16.1. The molecule has 0 fully saturated rings. The van der Waals surface area contributed by atoms with Crippen LogP contribution >= 0.6 is 0 Å². The normalized spacial score (nSPS) is 11.6. The molecule has 3 nitrogen and oxygen atoms in total. The minimum absolute atomic E-state index is 0.110. The van der Waals surface area contributed by atoms with Gasteiger partial charge in [-0.3, -0.25) is 4.79 Å². The molecule has 2 rings (SSSR count). The van der Waals surface area contributed by atoms with Gasteiger partial charge in [-0.25, -0.2) is 0 Å². The average Bonchev–Trinajstić information content (AvgIpc) is 2.99. The van der Waals surface area contributed by atoms with Crippen LogP contribution in [0.25, 0.3) is 0 Å². The van der Waals surface area contributed by atoms with Gasteiger partial charge in [0.15, 0.2) is 5.78 Å². The number of nitriles is 1. The first-order valence-corrected chi connectivity index (χ1v) is 17.3. The molecule has 0 heterocycles. The summed E-state index contributed by atoms with van der Waals surface area (Å²) in [4.78, 5) is 13.9. The summed E-state index contributed by atoms with van der Waals surface area (Å²) in [5.74, 6) is 0.364. The lowest BCUT2D eigenvalue weighted by molar-refractivity contribution is 0.101. The maximum absolute atomic E-state index is 11.6. The quantitative estimate of drug-likeness (QED) is 0.159. The van der Waals surface area contributed by atoms with Gasteiger partial charge in [0.2, 0.25) is 0 Å². The van der Waals surface area contributed by atoms with Crippen LogP contribution in [0, 0.1) is 24.2 Å². The molecule has 248 valence electrons. The number of allylic oxidation sites excluding steroid dienone is 1. The van der Waals surface area contributed by atoms with Gasteiger partial charge in [-0.15, -0.1) is 6.58 Å². The van der Waals surface area contributed by atoms with E-state index >= 15 is 0 Å². The van der Waals surface area contributed by atoms with Crippen molar-refractivity contribution in [3.05, 3.63) is 82.4 Å². The Bertz CT molecular complexity index is 1090. The highest BCUT2D eigenvalue weighted by molar-refractivity contribution is 5.94. The third-order valence-electron chi connectivity index (χ3n) is 7.96. The number of hydrogen-bond donors (Lipinski definition) is 0. The van der Waals surface area contributed by atoms with E-state index in [2.05, 4.69) is 111 Å². The number of likely N-dealkylation sites (N-methyl/N-ethyl adjacent to an activating group) is 1. The Labute approximate surface area is 274 Å². The number of ketones is 1. The van der Waals surface area contributed by atoms with Crippen molar-refractivity contribution in [3.8, 4) is 6.07 Å². The first-order valence-electron chi connectivity index (χ1n) is 17.3. The van der Waals surface area contributed by atoms with Crippen LogP contribution in [0.15, 0.2) is 54.6 Å². The van der Waals surface area contributed by atoms with Gasteiger partial charge in [0.25, 0.3) is 0 Å². The molecule has 1 atom stereocenters. The van der Waals surface area contributed by atoms with E-state index in [9.17, 15) is 10.1 Å². The highest BCUT2D eigenvalue weighted by Crippen LogP contribution is 2.37. The molecule has 44 heavy (non-hydrogen) atoms. The number of rotatable bonds is 14. The molecule has 0 saturated carbocycles. The van der Waals surface area contributed by atoms with Gasteiger partial charge in [-0.2, -0.15) is 5.26 Å². The van der Waals surface area contributed by atoms with Gasteiger partial charge in [0, 0.05) is 12.1 Å². The van der Waals surface area contributed by atoms with Crippen LogP contribution in [-0.4, -0.2) is 30.8 Å². The first kappa shape index (κ1) is 43.4. The van der Waals surface area contributed by atoms with Crippen molar-refractivity contribution < 1.29 is 4.79 Å². The first-order chi connectivity index (χ1) is 20.8. The molecule has 0 spiro atoms. The number of hydrogen-bond acceptors (Lipinski definition) is 3. The molecule has 0 aromatic heterocycles. The second-order valence-electron chi connectivity index (χ2n) is 12.5. The fraction of sp³-hybridized carbons (Fsp3) is 0.610. The van der Waals surface area contributed by atoms with Crippen molar-refractivity contribution in [1.82, 2.24) is 4.90 Å². The predicted molar refractivity (Wildman–Crippen MR) is 196 cm³/mol. The molecule has 0 saturated heterocycles. The topological polar surface area (TPSA) is 44.1 Å². The lowest BCUT2D eigenvalue weighted by atomic mass is 9.69. The molecule has 0 N–H and O–H groups in total. The second kappa shape index (κ2) is 25.6. The monoisotopic (exact) mass is 605 g/mol. The summed E-state index contributed by atoms with van der Waals surface area (Å²) in [6, 6.07) is 17.2. The summed E-state index contributed by atoms with van der Waals surface area (Å²) in [5.41, 5.74) is 6.57. The molecule has 0 bridgehead atoms. The van der Waals surface area contributed by atoms with E-state index in [0.717, 1.165) is 56.3 Å². The zero-order valence-electron chi connectivity index (χ0n) is 30.9. The van der Waals surface area contributed by atoms with Gasteiger partial charge in [-0.05, 0) is 101 Å². The average molecular weight is 605 g/mol. The molecule has 0 aliphatic heterocycles. The lowest BCUT2D eigenvalue weighted by Gasteiger charge is -2.32. The van der Waals surface area contributed by atoms with Crippen molar-refractivity contribution in [2.45, 2.75) is 139 Å². The molecular formula is C41H68N2O. The summed E-state index contributed by atoms with van der Waals surface area (Å²) in [6.45, 7) is 28.6. The molecule has 3 heteroatoms. The van der Waals surface area contributed by atoms with Gasteiger partial charge >= 0.3 is 0 Å². The number of aryl methyl sites for hydroxylation is 2. The van der Waals surface area contributed by atoms with Crippen LogP contribution in [0.3, 0.4) is 0 Å². The van der Waals surface area contributed by atoms with E-state index in [4.69, 9.17) is 0 Å². The fourth-order valence-electron chi connectivity index (χ4n) is 4.74. The Morgan fingerprint density at radius 2 is 1.55 bits per heavy atom. The molecule has 0 aliphatic rings. The van der Waals surface area contributed by atoms with Crippen LogP contribution in [0.1, 0.15) is 147 Å². The Hall–Kier alpha value is -2.70. The largest absolute Gasteiger partial charge is 0.306 e. The van der Waals surface area contributed by atoms with Gasteiger partial charge in [0.05, 0.1) is 11.5 Å². The molecule has 0 amide bonds. The van der Waals surface area contributed by atoms with Crippen LogP contribution in [0.4, 0.5) is 0 Å². The summed E-state index contributed by atoms with van der Waals surface area (Å²) in [5, 5.41) is 10.2. The van der Waals surface area contributed by atoms with E-state index in [1.807, 2.05) is 25.1 Å². The van der Waals surface area contributed by atoms with Crippen molar-refractivity contribution in [2.24, 2.45) is 5.92 Å². The van der Waals surface area contributed by atoms with E-state index in [1.54, 1.807) is 6.92 Å². The molecule has 2 aromatic carbocycles. The van der Waals surface area contributed by atoms with E-state index in [1.165, 1.54) is 47.9 Å². The summed E-state index contributed by atoms with van der Waals surface area (Å²) >= 11 is 0. The predicted octanol–water partition coefficient (Wildman–Crippen LogP) is 11.7. The number of nitrogens with zero attached hydrogens (tertiary/aromatic N) is 2. The van der Waals surface area contributed by atoms with Crippen molar-refractivity contribution in [2.75, 3.05) is 20.1 Å². The molecule has 2 aromatic rings. The van der Waals surface area contributed by atoms with E-state index in [0.29, 0.717) is 0 Å².